The SMILES string of the molecule is CC(=O)N[C@@H](CCCN=C(N)N)C(=O)N[C@H]1CC(=O)NCCCC[C@@H](C(N)=O)NC(=O)[C@H](Cc2c[nH]c3ccccc23)NC(O)[C@H](CCCN=C(N)N)NC(=O)[C@@H](Cc2ccccc2)NC(=O)[C@@H](CC(=O)O)NC1=O. The van der Waals surface area contributed by atoms with Crippen LogP contribution < -0.4 is 71.2 Å². The third-order valence-corrected chi connectivity index (χ3v) is 12.0. The molecular weight excluding hydrogens is 977 g/mol. The number of nitrogens with one attached hydrogen (secondary N) is 9. The van der Waals surface area contributed by atoms with Crippen LogP contribution >= 0.6 is 0 Å². The smallest absolute Gasteiger partial charge is 0.305 e. The summed E-state index contributed by atoms with van der Waals surface area (Å²) in [6.07, 6.45) is -1.31. The lowest BCUT2D eigenvalue weighted by Crippen LogP contribution is -2.61. The number of benzene rings is 2. The minimum absolute atomic E-state index is 0.00633. The number of carboxylic acids is 1. The maximum atomic E-state index is 14.6. The second-order valence-corrected chi connectivity index (χ2v) is 18.0. The van der Waals surface area contributed by atoms with E-state index in [2.05, 4.69) is 57.5 Å². The molecule has 0 bridgehead atoms. The van der Waals surface area contributed by atoms with Gasteiger partial charge in [0.1, 0.15) is 36.4 Å². The number of aliphatic hydroxyl groups is 1. The maximum Gasteiger partial charge on any atom is 0.305 e. The van der Waals surface area contributed by atoms with Crippen molar-refractivity contribution < 1.29 is 53.4 Å². The Kier molecular flexibility index (Phi) is 23.7. The highest BCUT2D eigenvalue weighted by atomic mass is 16.4. The molecule has 0 saturated carbocycles. The van der Waals surface area contributed by atoms with Crippen molar-refractivity contribution in [2.75, 3.05) is 19.6 Å². The molecule has 27 nitrogen and oxygen atoms in total. The van der Waals surface area contributed by atoms with Gasteiger partial charge in [0.15, 0.2) is 11.9 Å². The number of hydrogen-bond acceptors (Lipinski definition) is 13. The molecule has 1 aliphatic heterocycles. The number of amides is 8. The average Bonchev–Trinajstić information content (AvgIpc) is 3.76. The summed E-state index contributed by atoms with van der Waals surface area (Å²) in [5.74, 6) is -9.15. The molecule has 2 aromatic carbocycles. The Morgan fingerprint density at radius 2 is 1.40 bits per heavy atom. The number of nitrogens with two attached hydrogens (primary N) is 5. The molecule has 1 saturated heterocycles. The molecule has 75 heavy (non-hydrogen) atoms. The highest BCUT2D eigenvalue weighted by Crippen LogP contribution is 2.20. The van der Waals surface area contributed by atoms with E-state index in [-0.39, 0.29) is 89.3 Å². The molecule has 1 unspecified atom stereocenters. The zero-order valence-electron chi connectivity index (χ0n) is 41.6. The molecule has 3 aromatic rings. The Morgan fingerprint density at radius 1 is 0.760 bits per heavy atom. The van der Waals surface area contributed by atoms with E-state index < -0.39 is 115 Å². The maximum absolute atomic E-state index is 14.6. The van der Waals surface area contributed by atoms with Crippen molar-refractivity contribution in [3.63, 3.8) is 0 Å². The van der Waals surface area contributed by atoms with Gasteiger partial charge in [-0.25, -0.2) is 0 Å². The van der Waals surface area contributed by atoms with Gasteiger partial charge in [-0.15, -0.1) is 0 Å². The number of primary amides is 1. The van der Waals surface area contributed by atoms with Crippen molar-refractivity contribution in [3.8, 4) is 0 Å². The number of fused-ring (bicyclic) bond motifs is 1. The highest BCUT2D eigenvalue weighted by molar-refractivity contribution is 5.98. The van der Waals surface area contributed by atoms with Gasteiger partial charge in [-0.05, 0) is 68.6 Å². The molecule has 21 N–H and O–H groups in total. The standard InChI is InChI=1S/C48H70N16O11/c1-26(65)58-32(16-9-19-55-47(50)51)41(70)63-36-23-38(66)54-18-8-7-15-31(40(49)69)59-44(73)35(22-28-25-57-30-14-6-5-13-29(28)30)62-42(71)33(17-10-20-56-48(52)53)60-43(72)34(21-27-11-3-2-4-12-27)61-46(75)37(24-39(67)68)64-45(36)74/h2-6,11-14,25,31-37,42,57,62,71H,7-10,15-24H2,1H3,(H2,49,69)(H,54,66)(H,58,65)(H,59,73)(H,60,72)(H,61,75)(H,63,70)(H,64,74)(H,67,68)(H4,50,51,55)(H4,52,53,56)/t31-,32-,33-,34+,35-,36-,37+,42?/m0/s1. The summed E-state index contributed by atoms with van der Waals surface area (Å²) in [5.41, 5.74) is 29.7. The zero-order valence-corrected chi connectivity index (χ0v) is 41.6. The normalized spacial score (nSPS) is 22.1. The molecule has 2 heterocycles. The minimum Gasteiger partial charge on any atom is -0.481 e. The number of guanidine groups is 2. The van der Waals surface area contributed by atoms with Crippen LogP contribution in [0.4, 0.5) is 0 Å². The van der Waals surface area contributed by atoms with E-state index in [0.717, 1.165) is 17.8 Å². The topological polar surface area (TPSA) is 461 Å². The van der Waals surface area contributed by atoms with Crippen molar-refractivity contribution in [2.45, 2.75) is 126 Å². The fraction of sp³-hybridized carbons (Fsp3) is 0.479. The van der Waals surface area contributed by atoms with E-state index in [4.69, 9.17) is 28.7 Å². The van der Waals surface area contributed by atoms with Crippen molar-refractivity contribution in [1.29, 1.82) is 0 Å². The Labute approximate surface area is 432 Å². The van der Waals surface area contributed by atoms with Gasteiger partial charge in [-0.2, -0.15) is 0 Å². The summed E-state index contributed by atoms with van der Waals surface area (Å²) >= 11 is 0. The molecule has 408 valence electrons. The van der Waals surface area contributed by atoms with E-state index in [9.17, 15) is 53.4 Å². The van der Waals surface area contributed by atoms with Gasteiger partial charge in [0.05, 0.1) is 24.9 Å². The van der Waals surface area contributed by atoms with Gasteiger partial charge >= 0.3 is 5.97 Å². The van der Waals surface area contributed by atoms with E-state index >= 15 is 0 Å². The van der Waals surface area contributed by atoms with Gasteiger partial charge in [0.2, 0.25) is 47.3 Å². The van der Waals surface area contributed by atoms with Crippen molar-refractivity contribution in [3.05, 3.63) is 71.9 Å². The number of aliphatic carboxylic acids is 1. The third kappa shape index (κ3) is 20.6. The third-order valence-electron chi connectivity index (χ3n) is 12.0. The van der Waals surface area contributed by atoms with Gasteiger partial charge in [0.25, 0.3) is 0 Å². The first kappa shape index (κ1) is 59.2. The van der Waals surface area contributed by atoms with Gasteiger partial charge < -0.3 is 81.1 Å². The van der Waals surface area contributed by atoms with Crippen LogP contribution in [-0.4, -0.2) is 148 Å². The number of carbonyl (C=O) groups excluding carboxylic acids is 8. The van der Waals surface area contributed by atoms with Crippen LogP contribution in [0.25, 0.3) is 10.9 Å². The monoisotopic (exact) mass is 1050 g/mol. The number of para-hydroxylation sites is 1. The van der Waals surface area contributed by atoms with Crippen LogP contribution in [0, 0.1) is 0 Å². The van der Waals surface area contributed by atoms with E-state index in [0.29, 0.717) is 11.1 Å². The van der Waals surface area contributed by atoms with Crippen LogP contribution in [0.3, 0.4) is 0 Å². The van der Waals surface area contributed by atoms with Crippen molar-refractivity contribution in [2.24, 2.45) is 38.7 Å². The summed E-state index contributed by atoms with van der Waals surface area (Å²) in [6.45, 7) is 1.25. The number of hydrogen-bond donors (Lipinski definition) is 16. The zero-order chi connectivity index (χ0) is 55.0. The first-order valence-corrected chi connectivity index (χ1v) is 24.4. The Hall–Kier alpha value is -8.33. The molecule has 1 fully saturated rings. The van der Waals surface area contributed by atoms with Crippen LogP contribution in [0.5, 0.6) is 0 Å². The average molecular weight is 1050 g/mol. The second-order valence-electron chi connectivity index (χ2n) is 18.0. The lowest BCUT2D eigenvalue weighted by Gasteiger charge is -2.31. The lowest BCUT2D eigenvalue weighted by atomic mass is 10.0. The molecular formula is C48H70N16O11. The van der Waals surface area contributed by atoms with E-state index in [1.807, 2.05) is 18.2 Å². The Morgan fingerprint density at radius 3 is 2.07 bits per heavy atom. The largest absolute Gasteiger partial charge is 0.481 e. The van der Waals surface area contributed by atoms with Crippen LogP contribution in [0.15, 0.2) is 70.8 Å². The number of H-pyrrole nitrogens is 1. The summed E-state index contributed by atoms with van der Waals surface area (Å²) in [4.78, 5) is 133. The second kappa shape index (κ2) is 30.0. The van der Waals surface area contributed by atoms with E-state index in [1.54, 1.807) is 42.6 Å². The molecule has 1 aromatic heterocycles. The highest BCUT2D eigenvalue weighted by Gasteiger charge is 2.36. The van der Waals surface area contributed by atoms with Crippen molar-refractivity contribution >= 4 is 76.0 Å². The Bertz CT molecular complexity index is 2510. The molecule has 0 aliphatic carbocycles. The number of carbonyl (C=O) groups is 9. The van der Waals surface area contributed by atoms with Crippen molar-refractivity contribution in [1.82, 2.24) is 47.5 Å². The molecule has 27 heteroatoms. The van der Waals surface area contributed by atoms with Gasteiger partial charge in [0, 0.05) is 50.1 Å². The minimum atomic E-state index is -1.92. The number of aliphatic imine (C=N–C) groups is 2. The Balaban J connectivity index is 1.77. The molecule has 8 amide bonds. The fourth-order valence-electron chi connectivity index (χ4n) is 8.19. The molecule has 1 aliphatic rings. The molecule has 8 atom stereocenters. The number of nitrogens with zero attached hydrogens (tertiary/aromatic N) is 2. The van der Waals surface area contributed by atoms with Gasteiger partial charge in [-0.3, -0.25) is 58.5 Å². The predicted octanol–water partition coefficient (Wildman–Crippen LogP) is -4.08. The molecule has 4 rings (SSSR count). The summed E-state index contributed by atoms with van der Waals surface area (Å²) in [6, 6.07) is 5.43. The number of carboxylic acid groups (broad SMARTS) is 1. The predicted molar refractivity (Wildman–Crippen MR) is 275 cm³/mol. The number of aliphatic hydroxyl groups excluding tert-OH is 1. The van der Waals surface area contributed by atoms with Crippen LogP contribution in [0.1, 0.15) is 75.8 Å². The number of rotatable bonds is 18. The summed E-state index contributed by atoms with van der Waals surface area (Å²) < 4.78 is 0. The number of aromatic nitrogens is 1. The fourth-order valence-corrected chi connectivity index (χ4v) is 8.19. The molecule has 0 radical (unpaired) electrons. The first-order chi connectivity index (χ1) is 35.7. The summed E-state index contributed by atoms with van der Waals surface area (Å²) in [7, 11) is 0. The molecule has 0 spiro atoms. The van der Waals surface area contributed by atoms with Crippen LogP contribution in [0.2, 0.25) is 0 Å². The number of aromatic amines is 1. The lowest BCUT2D eigenvalue weighted by molar-refractivity contribution is -0.142. The van der Waals surface area contributed by atoms with Crippen LogP contribution in [-0.2, 0) is 56.0 Å². The van der Waals surface area contributed by atoms with E-state index in [1.165, 1.54) is 0 Å². The van der Waals surface area contributed by atoms with Gasteiger partial charge in [-0.1, -0.05) is 48.5 Å². The first-order valence-electron chi connectivity index (χ1n) is 24.4. The quantitative estimate of drug-likeness (QED) is 0.0327. The summed E-state index contributed by atoms with van der Waals surface area (Å²) in [5, 5.41) is 43.5.